The summed E-state index contributed by atoms with van der Waals surface area (Å²) in [6, 6.07) is 0. The third kappa shape index (κ3) is 5.52. The van der Waals surface area contributed by atoms with E-state index in [-0.39, 0.29) is 0 Å². The van der Waals surface area contributed by atoms with E-state index in [1.54, 1.807) is 0 Å². The zero-order valence-corrected chi connectivity index (χ0v) is 17.7. The Labute approximate surface area is 192 Å². The summed E-state index contributed by atoms with van der Waals surface area (Å²) in [4.78, 5) is 0. The molecule has 3 fully saturated rings. The maximum absolute atomic E-state index is 10.3. The molecule has 3 saturated heterocycles. The molecule has 0 aromatic rings. The van der Waals surface area contributed by atoms with Crippen LogP contribution in [0.3, 0.4) is 0 Å². The Balaban J connectivity index is 1.66. The van der Waals surface area contributed by atoms with Crippen molar-refractivity contribution in [3.05, 3.63) is 0 Å². The van der Waals surface area contributed by atoms with Crippen LogP contribution in [0.4, 0.5) is 0 Å². The molecule has 3 rings (SSSR count). The number of aliphatic hydroxyl groups is 11. The van der Waals surface area contributed by atoms with Crippen LogP contribution < -0.4 is 0 Å². The minimum absolute atomic E-state index is 0.609. The molecule has 0 bridgehead atoms. The van der Waals surface area contributed by atoms with Gasteiger partial charge in [-0.25, -0.2) is 0 Å². The molecule has 0 aliphatic carbocycles. The number of hydrogen-bond donors (Lipinski definition) is 11. The zero-order chi connectivity index (χ0) is 25.3. The van der Waals surface area contributed by atoms with E-state index < -0.39 is 112 Å². The van der Waals surface area contributed by atoms with Gasteiger partial charge in [0, 0.05) is 0 Å². The summed E-state index contributed by atoms with van der Waals surface area (Å²) in [7, 11) is 0. The molecule has 11 N–H and O–H groups in total. The van der Waals surface area contributed by atoms with E-state index in [0.29, 0.717) is 0 Å². The first-order valence-corrected chi connectivity index (χ1v) is 10.6. The molecule has 15 atom stereocenters. The highest BCUT2D eigenvalue weighted by molar-refractivity contribution is 4.94. The second-order valence-corrected chi connectivity index (χ2v) is 8.37. The van der Waals surface area contributed by atoms with Crippen molar-refractivity contribution in [3.63, 3.8) is 0 Å². The van der Waals surface area contributed by atoms with Crippen LogP contribution in [0.15, 0.2) is 0 Å². The molecule has 16 heteroatoms. The van der Waals surface area contributed by atoms with Crippen LogP contribution in [0.2, 0.25) is 0 Å². The van der Waals surface area contributed by atoms with Crippen LogP contribution in [-0.4, -0.2) is 168 Å². The molecular formula is C18H32O16. The van der Waals surface area contributed by atoms with Gasteiger partial charge in [-0.05, 0) is 0 Å². The molecular weight excluding hydrogens is 472 g/mol. The van der Waals surface area contributed by atoms with Crippen molar-refractivity contribution >= 4 is 0 Å². The lowest BCUT2D eigenvalue weighted by atomic mass is 9.97. The van der Waals surface area contributed by atoms with E-state index in [9.17, 15) is 56.2 Å². The lowest BCUT2D eigenvalue weighted by Gasteiger charge is -2.45. The van der Waals surface area contributed by atoms with Crippen molar-refractivity contribution in [2.75, 3.05) is 19.8 Å². The third-order valence-electron chi connectivity index (χ3n) is 6.07. The van der Waals surface area contributed by atoms with Gasteiger partial charge in [-0.2, -0.15) is 0 Å². The first kappa shape index (κ1) is 27.9. The smallest absolute Gasteiger partial charge is 0.187 e. The number of ether oxygens (including phenoxy) is 5. The van der Waals surface area contributed by atoms with E-state index >= 15 is 0 Å². The van der Waals surface area contributed by atoms with Crippen molar-refractivity contribution in [3.8, 4) is 0 Å². The molecule has 34 heavy (non-hydrogen) atoms. The summed E-state index contributed by atoms with van der Waals surface area (Å²) in [6.45, 7) is -2.07. The van der Waals surface area contributed by atoms with Crippen molar-refractivity contribution in [1.29, 1.82) is 0 Å². The number of aliphatic hydroxyl groups excluding tert-OH is 11. The monoisotopic (exact) mass is 504 g/mol. The van der Waals surface area contributed by atoms with Crippen LogP contribution in [0.1, 0.15) is 0 Å². The largest absolute Gasteiger partial charge is 0.394 e. The van der Waals surface area contributed by atoms with E-state index in [1.807, 2.05) is 0 Å². The number of rotatable bonds is 7. The minimum atomic E-state index is -1.87. The molecule has 0 amide bonds. The van der Waals surface area contributed by atoms with Gasteiger partial charge in [-0.3, -0.25) is 0 Å². The molecule has 0 spiro atoms. The Morgan fingerprint density at radius 3 is 1.62 bits per heavy atom. The van der Waals surface area contributed by atoms with Crippen LogP contribution in [0.25, 0.3) is 0 Å². The summed E-state index contributed by atoms with van der Waals surface area (Å²) in [5.41, 5.74) is 0. The summed E-state index contributed by atoms with van der Waals surface area (Å²) in [5.74, 6) is 0. The Morgan fingerprint density at radius 1 is 0.500 bits per heavy atom. The molecule has 0 aromatic carbocycles. The first-order chi connectivity index (χ1) is 16.0. The van der Waals surface area contributed by atoms with Gasteiger partial charge in [0.1, 0.15) is 73.2 Å². The highest BCUT2D eigenvalue weighted by Crippen LogP contribution is 2.29. The van der Waals surface area contributed by atoms with E-state index in [1.165, 1.54) is 0 Å². The van der Waals surface area contributed by atoms with Crippen molar-refractivity contribution < 1.29 is 79.9 Å². The molecule has 3 aliphatic heterocycles. The molecule has 0 aromatic heterocycles. The SMILES string of the molecule is OCC1O[C@@H](O)C(O)C(O)[C@@H]1O[C@@H]1OC(CO[C@H]2OC(CO)[C@H](O)[C@H](O)C2O)[C@@H](O)[C@H](O)C1O. The van der Waals surface area contributed by atoms with Gasteiger partial charge in [-0.15, -0.1) is 0 Å². The Bertz CT molecular complexity index is 637. The van der Waals surface area contributed by atoms with Crippen LogP contribution in [0.5, 0.6) is 0 Å². The fraction of sp³-hybridized carbons (Fsp3) is 1.00. The predicted molar refractivity (Wildman–Crippen MR) is 101 cm³/mol. The average molecular weight is 504 g/mol. The van der Waals surface area contributed by atoms with E-state index in [4.69, 9.17) is 23.7 Å². The quantitative estimate of drug-likeness (QED) is 0.154. The normalized spacial score (nSPS) is 52.5. The summed E-state index contributed by atoms with van der Waals surface area (Å²) < 4.78 is 26.3. The fourth-order valence-corrected chi connectivity index (χ4v) is 3.95. The van der Waals surface area contributed by atoms with Crippen LogP contribution in [0, 0.1) is 0 Å². The van der Waals surface area contributed by atoms with Crippen molar-refractivity contribution in [2.45, 2.75) is 92.1 Å². The lowest BCUT2D eigenvalue weighted by molar-refractivity contribution is -0.362. The molecule has 0 radical (unpaired) electrons. The molecule has 3 heterocycles. The zero-order valence-electron chi connectivity index (χ0n) is 17.7. The molecule has 7 unspecified atom stereocenters. The Kier molecular flexibility index (Phi) is 9.54. The molecule has 0 saturated carbocycles. The van der Waals surface area contributed by atoms with Crippen molar-refractivity contribution in [2.24, 2.45) is 0 Å². The van der Waals surface area contributed by atoms with Gasteiger partial charge in [-0.1, -0.05) is 0 Å². The van der Waals surface area contributed by atoms with Crippen molar-refractivity contribution in [1.82, 2.24) is 0 Å². The highest BCUT2D eigenvalue weighted by Gasteiger charge is 2.51. The third-order valence-corrected chi connectivity index (χ3v) is 6.07. The topological polar surface area (TPSA) is 269 Å². The first-order valence-electron chi connectivity index (χ1n) is 10.6. The lowest BCUT2D eigenvalue weighted by Crippen LogP contribution is -2.65. The van der Waals surface area contributed by atoms with E-state index in [2.05, 4.69) is 0 Å². The molecule has 16 nitrogen and oxygen atoms in total. The number of hydrogen-bond acceptors (Lipinski definition) is 16. The van der Waals surface area contributed by atoms with Gasteiger partial charge in [0.25, 0.3) is 0 Å². The summed E-state index contributed by atoms with van der Waals surface area (Å²) >= 11 is 0. The predicted octanol–water partition coefficient (Wildman–Crippen LogP) is -7.57. The maximum Gasteiger partial charge on any atom is 0.187 e. The van der Waals surface area contributed by atoms with Gasteiger partial charge < -0.3 is 79.9 Å². The molecule has 3 aliphatic rings. The van der Waals surface area contributed by atoms with Gasteiger partial charge in [0.05, 0.1) is 19.8 Å². The second-order valence-electron chi connectivity index (χ2n) is 8.37. The standard InChI is InChI=1S/C18H32O16/c19-1-4-7(21)9(23)13(27)17(32-4)30-3-6-8(22)10(24)14(28)18(33-6)34-15-5(2-20)31-16(29)12(26)11(15)25/h4-29H,1-3H2/t4?,5?,6?,7-,8+,9-,10-,11?,12?,13?,14?,15+,16+,17-,18-/m0/s1. The summed E-state index contributed by atoms with van der Waals surface area (Å²) in [5, 5.41) is 109. The Hall–Kier alpha value is -0.640. The van der Waals surface area contributed by atoms with Gasteiger partial charge in [0.2, 0.25) is 0 Å². The van der Waals surface area contributed by atoms with Gasteiger partial charge >= 0.3 is 0 Å². The fourth-order valence-electron chi connectivity index (χ4n) is 3.95. The Morgan fingerprint density at radius 2 is 1.03 bits per heavy atom. The maximum atomic E-state index is 10.3. The average Bonchev–Trinajstić information content (AvgIpc) is 2.82. The minimum Gasteiger partial charge on any atom is -0.394 e. The molecule has 200 valence electrons. The highest BCUT2D eigenvalue weighted by atomic mass is 16.7. The van der Waals surface area contributed by atoms with Crippen LogP contribution in [-0.2, 0) is 23.7 Å². The van der Waals surface area contributed by atoms with E-state index in [0.717, 1.165) is 0 Å². The summed E-state index contributed by atoms with van der Waals surface area (Å²) in [6.07, 6.45) is -24.9. The van der Waals surface area contributed by atoms with Crippen LogP contribution >= 0.6 is 0 Å². The van der Waals surface area contributed by atoms with Gasteiger partial charge in [0.15, 0.2) is 18.9 Å². The second kappa shape index (κ2) is 11.6.